The zero-order valence-corrected chi connectivity index (χ0v) is 26.0. The van der Waals surface area contributed by atoms with E-state index in [-0.39, 0.29) is 6.71 Å². The average Bonchev–Trinajstić information content (AvgIpc) is 3.70. The van der Waals surface area contributed by atoms with E-state index in [1.165, 1.54) is 65.0 Å². The van der Waals surface area contributed by atoms with E-state index in [4.69, 9.17) is 4.42 Å². The number of anilines is 6. The van der Waals surface area contributed by atoms with E-state index in [0.29, 0.717) is 0 Å². The number of furan rings is 1. The number of benzene rings is 7. The highest BCUT2D eigenvalue weighted by Gasteiger charge is 2.43. The van der Waals surface area contributed by atoms with E-state index in [1.54, 1.807) is 0 Å². The zero-order valence-electron chi connectivity index (χ0n) is 25.2. The van der Waals surface area contributed by atoms with E-state index in [1.807, 2.05) is 17.4 Å². The second-order valence-corrected chi connectivity index (χ2v) is 13.5. The van der Waals surface area contributed by atoms with Crippen molar-refractivity contribution in [1.82, 2.24) is 0 Å². The fraction of sp³-hybridized carbons (Fsp3) is 0. The van der Waals surface area contributed by atoms with Crippen LogP contribution in [0.15, 0.2) is 156 Å². The third kappa shape index (κ3) is 3.41. The summed E-state index contributed by atoms with van der Waals surface area (Å²) in [5.41, 5.74) is 12.8. The highest BCUT2D eigenvalue weighted by molar-refractivity contribution is 7.25. The van der Waals surface area contributed by atoms with Gasteiger partial charge in [-0.15, -0.1) is 11.3 Å². The molecule has 2 aromatic heterocycles. The molecule has 0 N–H and O–H groups in total. The third-order valence-corrected chi connectivity index (χ3v) is 11.2. The Hall–Kier alpha value is -5.78. The summed E-state index contributed by atoms with van der Waals surface area (Å²) in [6.45, 7) is 0.0988. The molecule has 2 aliphatic rings. The second-order valence-electron chi connectivity index (χ2n) is 12.5. The Kier molecular flexibility index (Phi) is 5.07. The van der Waals surface area contributed by atoms with Crippen LogP contribution in [0.25, 0.3) is 42.1 Å². The lowest BCUT2D eigenvalue weighted by atomic mass is 9.33. The molecule has 2 aliphatic heterocycles. The summed E-state index contributed by atoms with van der Waals surface area (Å²) >= 11 is 1.86. The molecule has 218 valence electrons. The van der Waals surface area contributed by atoms with Gasteiger partial charge in [0.1, 0.15) is 5.58 Å². The Labute approximate surface area is 275 Å². The molecule has 9 aromatic rings. The molecule has 0 bridgehead atoms. The van der Waals surface area contributed by atoms with Gasteiger partial charge in [-0.25, -0.2) is 0 Å². The lowest BCUT2D eigenvalue weighted by Gasteiger charge is -2.43. The SMILES string of the molecule is c1ccc2c(c1)B1c3ccccc3N(c3cccc4c3oc3ccccc34)c3cccc(c31)N2c1ccc2sc3ccccc3c2c1. The third-order valence-electron chi connectivity index (χ3n) is 10.1. The molecule has 0 fully saturated rings. The van der Waals surface area contributed by atoms with Crippen molar-refractivity contribution in [2.45, 2.75) is 0 Å². The van der Waals surface area contributed by atoms with Crippen LogP contribution in [0.4, 0.5) is 34.1 Å². The molecule has 0 atom stereocenters. The lowest BCUT2D eigenvalue weighted by Crippen LogP contribution is -2.61. The van der Waals surface area contributed by atoms with Crippen LogP contribution in [0.5, 0.6) is 0 Å². The number of rotatable bonds is 2. The minimum atomic E-state index is 0.0988. The van der Waals surface area contributed by atoms with Crippen LogP contribution in [0.2, 0.25) is 0 Å². The van der Waals surface area contributed by atoms with Crippen molar-refractivity contribution in [2.75, 3.05) is 9.80 Å². The highest BCUT2D eigenvalue weighted by Crippen LogP contribution is 2.47. The van der Waals surface area contributed by atoms with Crippen LogP contribution >= 0.6 is 11.3 Å². The largest absolute Gasteiger partial charge is 0.454 e. The van der Waals surface area contributed by atoms with Crippen molar-refractivity contribution in [3.05, 3.63) is 152 Å². The Morgan fingerprint density at radius 1 is 0.447 bits per heavy atom. The van der Waals surface area contributed by atoms with Crippen molar-refractivity contribution in [2.24, 2.45) is 0 Å². The molecule has 0 amide bonds. The molecule has 0 saturated carbocycles. The highest BCUT2D eigenvalue weighted by atomic mass is 32.1. The van der Waals surface area contributed by atoms with Crippen LogP contribution < -0.4 is 26.2 Å². The van der Waals surface area contributed by atoms with Gasteiger partial charge in [-0.05, 0) is 77.1 Å². The number of nitrogens with zero attached hydrogens (tertiary/aromatic N) is 2. The molecule has 5 heteroatoms. The molecule has 0 saturated heterocycles. The van der Waals surface area contributed by atoms with Crippen LogP contribution in [-0.2, 0) is 0 Å². The van der Waals surface area contributed by atoms with E-state index in [2.05, 4.69) is 155 Å². The first-order valence-electron chi connectivity index (χ1n) is 16.1. The summed E-state index contributed by atoms with van der Waals surface area (Å²) in [6, 6.07) is 55.2. The predicted molar refractivity (Wildman–Crippen MR) is 201 cm³/mol. The molecule has 0 radical (unpaired) electrons. The van der Waals surface area contributed by atoms with Crippen LogP contribution in [0.1, 0.15) is 0 Å². The van der Waals surface area contributed by atoms with Gasteiger partial charge in [-0.2, -0.15) is 0 Å². The van der Waals surface area contributed by atoms with Gasteiger partial charge in [0.05, 0.1) is 5.69 Å². The van der Waals surface area contributed by atoms with E-state index < -0.39 is 0 Å². The first-order chi connectivity index (χ1) is 23.3. The summed E-state index contributed by atoms with van der Waals surface area (Å²) in [5, 5.41) is 4.88. The number of thiophene rings is 1. The Morgan fingerprint density at radius 2 is 1.04 bits per heavy atom. The normalized spacial score (nSPS) is 13.4. The maximum Gasteiger partial charge on any atom is 0.252 e. The average molecular weight is 617 g/mol. The Bertz CT molecular complexity index is 2740. The van der Waals surface area contributed by atoms with Gasteiger partial charge in [0.2, 0.25) is 0 Å². The first-order valence-corrected chi connectivity index (χ1v) is 16.9. The van der Waals surface area contributed by atoms with Crippen molar-refractivity contribution in [3.63, 3.8) is 0 Å². The van der Waals surface area contributed by atoms with Gasteiger partial charge in [0, 0.05) is 59.4 Å². The number of fused-ring (bicyclic) bond motifs is 10. The van der Waals surface area contributed by atoms with Crippen molar-refractivity contribution >= 4 is 111 Å². The first kappa shape index (κ1) is 25.4. The quantitative estimate of drug-likeness (QED) is 0.180. The van der Waals surface area contributed by atoms with E-state index >= 15 is 0 Å². The summed E-state index contributed by atoms with van der Waals surface area (Å²) < 4.78 is 9.26. The molecule has 47 heavy (non-hydrogen) atoms. The summed E-state index contributed by atoms with van der Waals surface area (Å²) in [5.74, 6) is 0. The Balaban J connectivity index is 1.20. The molecule has 3 nitrogen and oxygen atoms in total. The minimum Gasteiger partial charge on any atom is -0.454 e. The number of para-hydroxylation sites is 4. The topological polar surface area (TPSA) is 19.6 Å². The summed E-state index contributed by atoms with van der Waals surface area (Å²) in [4.78, 5) is 4.90. The maximum absolute atomic E-state index is 6.63. The molecule has 4 heterocycles. The fourth-order valence-electron chi connectivity index (χ4n) is 8.13. The minimum absolute atomic E-state index is 0.0988. The number of hydrogen-bond acceptors (Lipinski definition) is 4. The zero-order chi connectivity index (χ0) is 30.6. The maximum atomic E-state index is 6.63. The fourth-order valence-corrected chi connectivity index (χ4v) is 9.22. The van der Waals surface area contributed by atoms with Gasteiger partial charge in [-0.3, -0.25) is 0 Å². The van der Waals surface area contributed by atoms with Gasteiger partial charge in [-0.1, -0.05) is 91.0 Å². The van der Waals surface area contributed by atoms with Crippen LogP contribution in [-0.4, -0.2) is 6.71 Å². The second kappa shape index (κ2) is 9.38. The number of hydrogen-bond donors (Lipinski definition) is 0. The van der Waals surface area contributed by atoms with Gasteiger partial charge in [0.25, 0.3) is 6.71 Å². The van der Waals surface area contributed by atoms with Gasteiger partial charge >= 0.3 is 0 Å². The van der Waals surface area contributed by atoms with Gasteiger partial charge < -0.3 is 14.2 Å². The monoisotopic (exact) mass is 616 g/mol. The van der Waals surface area contributed by atoms with Crippen molar-refractivity contribution in [1.29, 1.82) is 0 Å². The Morgan fingerprint density at radius 3 is 1.89 bits per heavy atom. The van der Waals surface area contributed by atoms with Crippen molar-refractivity contribution in [3.8, 4) is 0 Å². The van der Waals surface area contributed by atoms with Crippen LogP contribution in [0.3, 0.4) is 0 Å². The molecular weight excluding hydrogens is 591 g/mol. The van der Waals surface area contributed by atoms with Crippen molar-refractivity contribution < 1.29 is 4.42 Å². The molecule has 7 aromatic carbocycles. The summed E-state index contributed by atoms with van der Waals surface area (Å²) in [6.07, 6.45) is 0. The predicted octanol–water partition coefficient (Wildman–Crippen LogP) is 10.0. The lowest BCUT2D eigenvalue weighted by molar-refractivity contribution is 0.669. The van der Waals surface area contributed by atoms with Crippen LogP contribution in [0, 0.1) is 0 Å². The standard InChI is InChI=1S/C42H25BN2OS/c1-7-21-38-27(11-1)29-13-9-20-37(42(29)46-38)45-34-17-6-4-15-32(34)43-31-14-3-5-16-33(31)44(35-18-10-19-36(45)41(35)43)26-23-24-40-30(25-26)28-12-2-8-22-39(28)47-40/h1-25H. The van der Waals surface area contributed by atoms with Gasteiger partial charge in [0.15, 0.2) is 5.58 Å². The van der Waals surface area contributed by atoms with E-state index in [9.17, 15) is 0 Å². The molecule has 0 spiro atoms. The molecule has 11 rings (SSSR count). The summed E-state index contributed by atoms with van der Waals surface area (Å²) in [7, 11) is 0. The van der Waals surface area contributed by atoms with E-state index in [0.717, 1.165) is 27.6 Å². The smallest absolute Gasteiger partial charge is 0.252 e. The molecule has 0 aliphatic carbocycles. The molecular formula is C42H25BN2OS. The molecule has 0 unspecified atom stereocenters.